The van der Waals surface area contributed by atoms with E-state index < -0.39 is 34.7 Å². The largest absolute Gasteiger partial charge is 0.478 e. The van der Waals surface area contributed by atoms with E-state index >= 15 is 0 Å². The number of hydrogen-bond acceptors (Lipinski definition) is 3. The van der Waals surface area contributed by atoms with Gasteiger partial charge in [-0.1, -0.05) is 0 Å². The number of amides is 1. The molecule has 0 aliphatic rings. The topological polar surface area (TPSA) is 92.4 Å². The first-order chi connectivity index (χ1) is 8.91. The van der Waals surface area contributed by atoms with Gasteiger partial charge in [-0.3, -0.25) is 4.79 Å². The number of carbonyl (C=O) groups is 2. The summed E-state index contributed by atoms with van der Waals surface area (Å²) in [4.78, 5) is 22.4. The van der Waals surface area contributed by atoms with Gasteiger partial charge in [-0.2, -0.15) is 13.2 Å². The summed E-state index contributed by atoms with van der Waals surface area (Å²) in [5, 5.41) is 11.0. The van der Waals surface area contributed by atoms with E-state index in [4.69, 9.17) is 10.8 Å². The molecule has 0 aliphatic heterocycles. The minimum atomic E-state index is -4.72. The Hall–Kier alpha value is -2.09. The molecule has 5 nitrogen and oxygen atoms in total. The summed E-state index contributed by atoms with van der Waals surface area (Å²) in [6.45, 7) is 2.74. The number of aromatic carboxylic acids is 1. The molecule has 1 rings (SSSR count). The van der Waals surface area contributed by atoms with Crippen molar-refractivity contribution < 1.29 is 27.9 Å². The van der Waals surface area contributed by atoms with Crippen molar-refractivity contribution in [2.75, 3.05) is 5.32 Å². The van der Waals surface area contributed by atoms with Crippen molar-refractivity contribution in [3.63, 3.8) is 0 Å². The summed E-state index contributed by atoms with van der Waals surface area (Å²) in [6.07, 6.45) is -4.72. The van der Waals surface area contributed by atoms with Crippen molar-refractivity contribution in [3.8, 4) is 0 Å². The molecule has 0 aromatic heterocycles. The van der Waals surface area contributed by atoms with E-state index in [2.05, 4.69) is 5.32 Å². The average Bonchev–Trinajstić information content (AvgIpc) is 2.25. The van der Waals surface area contributed by atoms with Crippen molar-refractivity contribution in [1.29, 1.82) is 0 Å². The fourth-order valence-corrected chi connectivity index (χ4v) is 1.28. The number of rotatable bonds is 3. The van der Waals surface area contributed by atoms with Gasteiger partial charge < -0.3 is 16.2 Å². The molecule has 1 aromatic carbocycles. The Kier molecular flexibility index (Phi) is 4.09. The highest BCUT2D eigenvalue weighted by Crippen LogP contribution is 2.32. The lowest BCUT2D eigenvalue weighted by atomic mass is 10.0. The van der Waals surface area contributed by atoms with Crippen molar-refractivity contribution in [2.45, 2.75) is 25.6 Å². The number of carbonyl (C=O) groups excluding carboxylic acids is 1. The maximum Gasteiger partial charge on any atom is 0.416 e. The van der Waals surface area contributed by atoms with Crippen molar-refractivity contribution in [2.24, 2.45) is 5.73 Å². The maximum absolute atomic E-state index is 12.7. The van der Waals surface area contributed by atoms with Crippen LogP contribution in [0.5, 0.6) is 0 Å². The van der Waals surface area contributed by atoms with E-state index in [1.165, 1.54) is 13.8 Å². The Morgan fingerprint density at radius 3 is 2.15 bits per heavy atom. The molecule has 0 radical (unpaired) electrons. The zero-order valence-corrected chi connectivity index (χ0v) is 10.7. The Morgan fingerprint density at radius 1 is 1.20 bits per heavy atom. The molecule has 0 saturated heterocycles. The Labute approximate surface area is 112 Å². The van der Waals surface area contributed by atoms with Crippen molar-refractivity contribution >= 4 is 17.6 Å². The summed E-state index contributed by atoms with van der Waals surface area (Å²) in [7, 11) is 0. The smallest absolute Gasteiger partial charge is 0.416 e. The highest BCUT2D eigenvalue weighted by atomic mass is 19.4. The lowest BCUT2D eigenvalue weighted by Gasteiger charge is -2.18. The zero-order chi connectivity index (χ0) is 15.7. The third-order valence-electron chi connectivity index (χ3n) is 2.35. The van der Waals surface area contributed by atoms with Crippen LogP contribution in [-0.4, -0.2) is 22.5 Å². The number of hydrogen-bond donors (Lipinski definition) is 3. The highest BCUT2D eigenvalue weighted by Gasteiger charge is 2.32. The van der Waals surface area contributed by atoms with Crippen molar-refractivity contribution in [3.05, 3.63) is 29.3 Å². The first-order valence-electron chi connectivity index (χ1n) is 5.47. The molecule has 0 atom stereocenters. The molecule has 0 spiro atoms. The third kappa shape index (κ3) is 3.95. The summed E-state index contributed by atoms with van der Waals surface area (Å²) >= 11 is 0. The van der Waals surface area contributed by atoms with E-state index in [-0.39, 0.29) is 5.69 Å². The number of nitrogens with two attached hydrogens (primary N) is 1. The molecular weight excluding hydrogens is 277 g/mol. The molecule has 4 N–H and O–H groups in total. The summed E-state index contributed by atoms with van der Waals surface area (Å²) in [6, 6.07) is 2.07. The van der Waals surface area contributed by atoms with E-state index in [0.717, 1.165) is 6.07 Å². The molecule has 0 heterocycles. The van der Waals surface area contributed by atoms with Crippen LogP contribution < -0.4 is 11.1 Å². The molecule has 20 heavy (non-hydrogen) atoms. The number of carboxylic acid groups (broad SMARTS) is 1. The molecule has 0 saturated carbocycles. The predicted molar refractivity (Wildman–Crippen MR) is 65.3 cm³/mol. The third-order valence-corrected chi connectivity index (χ3v) is 2.35. The molecule has 8 heteroatoms. The molecule has 0 fully saturated rings. The van der Waals surface area contributed by atoms with Gasteiger partial charge >= 0.3 is 12.1 Å². The van der Waals surface area contributed by atoms with Gasteiger partial charge in [-0.05, 0) is 32.0 Å². The van der Waals surface area contributed by atoms with E-state index in [9.17, 15) is 22.8 Å². The van der Waals surface area contributed by atoms with Crippen LogP contribution in [0.25, 0.3) is 0 Å². The van der Waals surface area contributed by atoms with Crippen LogP contribution in [0.4, 0.5) is 18.9 Å². The molecule has 1 aromatic rings. The number of anilines is 1. The number of nitrogens with one attached hydrogen (secondary N) is 1. The van der Waals surface area contributed by atoms with Gasteiger partial charge in [0.15, 0.2) is 0 Å². The average molecular weight is 290 g/mol. The van der Waals surface area contributed by atoms with Gasteiger partial charge in [0.1, 0.15) is 0 Å². The maximum atomic E-state index is 12.7. The Balaban J connectivity index is 3.23. The first kappa shape index (κ1) is 16.0. The minimum absolute atomic E-state index is 0.277. The fourth-order valence-electron chi connectivity index (χ4n) is 1.28. The number of carboxylic acids is 1. The summed E-state index contributed by atoms with van der Waals surface area (Å²) in [5.41, 5.74) is 2.17. The second-order valence-corrected chi connectivity index (χ2v) is 4.78. The molecule has 0 unspecified atom stereocenters. The van der Waals surface area contributed by atoms with Gasteiger partial charge in [0.25, 0.3) is 0 Å². The van der Waals surface area contributed by atoms with Crippen LogP contribution in [-0.2, 0) is 11.0 Å². The summed E-state index contributed by atoms with van der Waals surface area (Å²) in [5.74, 6) is -2.26. The van der Waals surface area contributed by atoms with Crippen LogP contribution in [0.3, 0.4) is 0 Å². The lowest BCUT2D eigenvalue weighted by molar-refractivity contribution is -0.137. The van der Waals surface area contributed by atoms with Crippen LogP contribution in [0.1, 0.15) is 29.8 Å². The summed E-state index contributed by atoms with van der Waals surface area (Å²) < 4.78 is 38.0. The molecule has 0 bridgehead atoms. The Morgan fingerprint density at radius 2 is 1.75 bits per heavy atom. The second kappa shape index (κ2) is 5.12. The normalized spacial score (nSPS) is 12.1. The molecule has 110 valence electrons. The molecule has 0 aliphatic carbocycles. The van der Waals surface area contributed by atoms with Gasteiger partial charge in [-0.25, -0.2) is 4.79 Å². The van der Waals surface area contributed by atoms with Gasteiger partial charge in [0.05, 0.1) is 16.7 Å². The monoisotopic (exact) mass is 290 g/mol. The second-order valence-electron chi connectivity index (χ2n) is 4.78. The molecular formula is C12H13F3N2O3. The SMILES string of the molecule is CC(C)(N)C(=O)Nc1cc(C(=O)O)cc(C(F)(F)F)c1. The van der Waals surface area contributed by atoms with Gasteiger partial charge in [-0.15, -0.1) is 0 Å². The fraction of sp³-hybridized carbons (Fsp3) is 0.333. The van der Waals surface area contributed by atoms with Crippen LogP contribution in [0, 0.1) is 0 Å². The first-order valence-corrected chi connectivity index (χ1v) is 5.47. The predicted octanol–water partition coefficient (Wildman–Crippen LogP) is 2.08. The van der Waals surface area contributed by atoms with Gasteiger partial charge in [0, 0.05) is 5.69 Å². The Bertz CT molecular complexity index is 548. The zero-order valence-electron chi connectivity index (χ0n) is 10.7. The molecule has 1 amide bonds. The van der Waals surface area contributed by atoms with E-state index in [0.29, 0.717) is 12.1 Å². The number of alkyl halides is 3. The van der Waals surface area contributed by atoms with Crippen LogP contribution in [0.15, 0.2) is 18.2 Å². The number of benzene rings is 1. The highest BCUT2D eigenvalue weighted by molar-refractivity contribution is 5.98. The van der Waals surface area contributed by atoms with E-state index in [1.807, 2.05) is 0 Å². The van der Waals surface area contributed by atoms with Gasteiger partial charge in [0.2, 0.25) is 5.91 Å². The minimum Gasteiger partial charge on any atom is -0.478 e. The quantitative estimate of drug-likeness (QED) is 0.794. The lowest BCUT2D eigenvalue weighted by Crippen LogP contribution is -2.45. The standard InChI is InChI=1S/C12H13F3N2O3/c1-11(2,16)10(20)17-8-4-6(9(18)19)3-7(5-8)12(13,14)15/h3-5H,16H2,1-2H3,(H,17,20)(H,18,19). The van der Waals surface area contributed by atoms with Crippen LogP contribution in [0.2, 0.25) is 0 Å². The van der Waals surface area contributed by atoms with E-state index in [1.54, 1.807) is 0 Å². The number of halogens is 3. The van der Waals surface area contributed by atoms with Crippen molar-refractivity contribution in [1.82, 2.24) is 0 Å². The van der Waals surface area contributed by atoms with Crippen LogP contribution >= 0.6 is 0 Å².